The molecule has 1 saturated heterocycles. The Balaban J connectivity index is 1.81. The van der Waals surface area contributed by atoms with Crippen LogP contribution in [0, 0.1) is 11.8 Å². The van der Waals surface area contributed by atoms with Gasteiger partial charge < -0.3 is 4.90 Å². The molecular formula is C11H18BrNO. The molecule has 2 rings (SSSR count). The lowest BCUT2D eigenvalue weighted by Crippen LogP contribution is -2.28. The first-order valence-electron chi connectivity index (χ1n) is 5.67. The van der Waals surface area contributed by atoms with Crippen molar-refractivity contribution in [2.45, 2.75) is 32.1 Å². The average molecular weight is 260 g/mol. The molecule has 80 valence electrons. The summed E-state index contributed by atoms with van der Waals surface area (Å²) in [5, 5.41) is 1.06. The van der Waals surface area contributed by atoms with Crippen LogP contribution in [-0.2, 0) is 4.79 Å². The molecule has 1 heterocycles. The summed E-state index contributed by atoms with van der Waals surface area (Å²) in [6.45, 7) is 2.03. The predicted octanol–water partition coefficient (Wildman–Crippen LogP) is 2.42. The van der Waals surface area contributed by atoms with Gasteiger partial charge in [-0.2, -0.15) is 0 Å². The van der Waals surface area contributed by atoms with E-state index in [4.69, 9.17) is 0 Å². The number of likely N-dealkylation sites (tertiary alicyclic amines) is 1. The third-order valence-corrected chi connectivity index (χ3v) is 4.12. The standard InChI is InChI=1S/C11H18BrNO/c12-6-1-2-7-13-8-9-4-3-5-10(9)11(13)14/h9-10H,1-8H2. The molecule has 1 saturated carbocycles. The maximum atomic E-state index is 11.9. The van der Waals surface area contributed by atoms with E-state index in [1.165, 1.54) is 19.3 Å². The van der Waals surface area contributed by atoms with Crippen LogP contribution >= 0.6 is 15.9 Å². The summed E-state index contributed by atoms with van der Waals surface area (Å²) in [6.07, 6.45) is 6.04. The highest BCUT2D eigenvalue weighted by Crippen LogP contribution is 2.38. The Hall–Kier alpha value is -0.0500. The highest BCUT2D eigenvalue weighted by molar-refractivity contribution is 9.09. The lowest BCUT2D eigenvalue weighted by Gasteiger charge is -2.16. The molecular weight excluding hydrogens is 242 g/mol. The summed E-state index contributed by atoms with van der Waals surface area (Å²) in [7, 11) is 0. The zero-order valence-electron chi connectivity index (χ0n) is 8.54. The molecule has 14 heavy (non-hydrogen) atoms. The zero-order valence-corrected chi connectivity index (χ0v) is 10.1. The van der Waals surface area contributed by atoms with Gasteiger partial charge in [0.15, 0.2) is 0 Å². The summed E-state index contributed by atoms with van der Waals surface area (Å²) in [5.74, 6) is 1.55. The quantitative estimate of drug-likeness (QED) is 0.561. The van der Waals surface area contributed by atoms with Crippen LogP contribution in [0.25, 0.3) is 0 Å². The van der Waals surface area contributed by atoms with Gasteiger partial charge in [-0.3, -0.25) is 4.79 Å². The number of amides is 1. The average Bonchev–Trinajstić information content (AvgIpc) is 2.72. The van der Waals surface area contributed by atoms with Crippen molar-refractivity contribution in [2.24, 2.45) is 11.8 Å². The molecule has 1 aliphatic carbocycles. The summed E-state index contributed by atoms with van der Waals surface area (Å²) in [4.78, 5) is 14.0. The SMILES string of the molecule is O=C1C2CCCC2CN1CCCCBr. The number of hydrogen-bond donors (Lipinski definition) is 0. The van der Waals surface area contributed by atoms with Gasteiger partial charge in [0.25, 0.3) is 0 Å². The second kappa shape index (κ2) is 4.65. The number of halogens is 1. The lowest BCUT2D eigenvalue weighted by molar-refractivity contribution is -0.131. The van der Waals surface area contributed by atoms with Crippen LogP contribution in [0.4, 0.5) is 0 Å². The van der Waals surface area contributed by atoms with Crippen LogP contribution in [0.5, 0.6) is 0 Å². The van der Waals surface area contributed by atoms with Crippen LogP contribution in [0.3, 0.4) is 0 Å². The third-order valence-electron chi connectivity index (χ3n) is 3.55. The van der Waals surface area contributed by atoms with Gasteiger partial charge in [-0.25, -0.2) is 0 Å². The maximum Gasteiger partial charge on any atom is 0.226 e. The molecule has 0 radical (unpaired) electrons. The fraction of sp³-hybridized carbons (Fsp3) is 0.909. The topological polar surface area (TPSA) is 20.3 Å². The maximum absolute atomic E-state index is 11.9. The van der Waals surface area contributed by atoms with Gasteiger partial charge >= 0.3 is 0 Å². The Morgan fingerprint density at radius 1 is 1.36 bits per heavy atom. The van der Waals surface area contributed by atoms with Crippen molar-refractivity contribution in [3.63, 3.8) is 0 Å². The summed E-state index contributed by atoms with van der Waals surface area (Å²) >= 11 is 3.42. The minimum absolute atomic E-state index is 0.402. The molecule has 0 aromatic carbocycles. The summed E-state index contributed by atoms with van der Waals surface area (Å²) in [6, 6.07) is 0. The highest BCUT2D eigenvalue weighted by Gasteiger charge is 2.42. The molecule has 2 atom stereocenters. The van der Waals surface area contributed by atoms with E-state index in [0.29, 0.717) is 17.7 Å². The Kier molecular flexibility index (Phi) is 3.47. The summed E-state index contributed by atoms with van der Waals surface area (Å²) < 4.78 is 0. The van der Waals surface area contributed by atoms with Crippen molar-refractivity contribution < 1.29 is 4.79 Å². The van der Waals surface area contributed by atoms with Crippen molar-refractivity contribution in [3.8, 4) is 0 Å². The zero-order chi connectivity index (χ0) is 9.97. The minimum atomic E-state index is 0.402. The number of hydrogen-bond acceptors (Lipinski definition) is 1. The van der Waals surface area contributed by atoms with Crippen LogP contribution in [-0.4, -0.2) is 29.2 Å². The molecule has 2 fully saturated rings. The molecule has 0 bridgehead atoms. The first kappa shape index (κ1) is 10.5. The van der Waals surface area contributed by atoms with Gasteiger partial charge in [0, 0.05) is 24.3 Å². The van der Waals surface area contributed by atoms with Gasteiger partial charge in [-0.15, -0.1) is 0 Å². The Morgan fingerprint density at radius 2 is 2.21 bits per heavy atom. The van der Waals surface area contributed by atoms with E-state index >= 15 is 0 Å². The van der Waals surface area contributed by atoms with Crippen molar-refractivity contribution in [3.05, 3.63) is 0 Å². The van der Waals surface area contributed by atoms with E-state index in [0.717, 1.165) is 31.3 Å². The Morgan fingerprint density at radius 3 is 2.93 bits per heavy atom. The monoisotopic (exact) mass is 259 g/mol. The molecule has 0 aromatic rings. The predicted molar refractivity (Wildman–Crippen MR) is 60.4 cm³/mol. The molecule has 1 aliphatic heterocycles. The van der Waals surface area contributed by atoms with E-state index < -0.39 is 0 Å². The first-order valence-corrected chi connectivity index (χ1v) is 6.80. The molecule has 3 heteroatoms. The molecule has 0 aromatic heterocycles. The van der Waals surface area contributed by atoms with Crippen molar-refractivity contribution in [2.75, 3.05) is 18.4 Å². The third kappa shape index (κ3) is 1.97. The van der Waals surface area contributed by atoms with E-state index in [1.807, 2.05) is 0 Å². The van der Waals surface area contributed by atoms with E-state index in [2.05, 4.69) is 20.8 Å². The van der Waals surface area contributed by atoms with E-state index in [1.54, 1.807) is 0 Å². The normalized spacial score (nSPS) is 31.2. The second-order valence-electron chi connectivity index (χ2n) is 4.48. The van der Waals surface area contributed by atoms with Crippen molar-refractivity contribution >= 4 is 21.8 Å². The molecule has 2 aliphatic rings. The highest BCUT2D eigenvalue weighted by atomic mass is 79.9. The smallest absolute Gasteiger partial charge is 0.226 e. The van der Waals surface area contributed by atoms with E-state index in [-0.39, 0.29) is 0 Å². The van der Waals surface area contributed by atoms with Crippen LogP contribution in [0.1, 0.15) is 32.1 Å². The van der Waals surface area contributed by atoms with E-state index in [9.17, 15) is 4.79 Å². The number of rotatable bonds is 4. The second-order valence-corrected chi connectivity index (χ2v) is 5.27. The van der Waals surface area contributed by atoms with Crippen molar-refractivity contribution in [1.82, 2.24) is 4.90 Å². The molecule has 1 amide bonds. The van der Waals surface area contributed by atoms with Crippen LogP contribution in [0.2, 0.25) is 0 Å². The Labute approximate surface area is 94.2 Å². The van der Waals surface area contributed by atoms with Gasteiger partial charge in [0.2, 0.25) is 5.91 Å². The fourth-order valence-electron chi connectivity index (χ4n) is 2.79. The van der Waals surface area contributed by atoms with Crippen LogP contribution < -0.4 is 0 Å². The molecule has 0 N–H and O–H groups in total. The number of unbranched alkanes of at least 4 members (excludes halogenated alkanes) is 1. The van der Waals surface area contributed by atoms with Gasteiger partial charge in [0.05, 0.1) is 0 Å². The first-order chi connectivity index (χ1) is 6.83. The molecule has 2 unspecified atom stereocenters. The number of nitrogens with zero attached hydrogens (tertiary/aromatic N) is 1. The number of carbonyl (C=O) groups excluding carboxylic acids is 1. The van der Waals surface area contributed by atoms with Crippen molar-refractivity contribution in [1.29, 1.82) is 0 Å². The number of alkyl halides is 1. The fourth-order valence-corrected chi connectivity index (χ4v) is 3.18. The van der Waals surface area contributed by atoms with Gasteiger partial charge in [-0.1, -0.05) is 22.4 Å². The van der Waals surface area contributed by atoms with Gasteiger partial charge in [0.1, 0.15) is 0 Å². The Bertz CT molecular complexity index is 219. The lowest BCUT2D eigenvalue weighted by atomic mass is 10.0. The largest absolute Gasteiger partial charge is 0.342 e. The number of fused-ring (bicyclic) bond motifs is 1. The van der Waals surface area contributed by atoms with Crippen LogP contribution in [0.15, 0.2) is 0 Å². The summed E-state index contributed by atoms with van der Waals surface area (Å²) in [5.41, 5.74) is 0. The van der Waals surface area contributed by atoms with Gasteiger partial charge in [-0.05, 0) is 31.6 Å². The molecule has 2 nitrogen and oxygen atoms in total. The number of carbonyl (C=O) groups is 1. The minimum Gasteiger partial charge on any atom is -0.342 e. The molecule has 0 spiro atoms.